The number of fused-ring (bicyclic) bond motifs is 1. The van der Waals surface area contributed by atoms with Gasteiger partial charge >= 0.3 is 0 Å². The second-order valence-corrected chi connectivity index (χ2v) is 4.67. The molecule has 0 aliphatic rings. The second-order valence-electron chi connectivity index (χ2n) is 4.67. The molecule has 0 amide bonds. The smallest absolute Gasteiger partial charge is 0.243 e. The van der Waals surface area contributed by atoms with Gasteiger partial charge in [-0.15, -0.1) is 5.10 Å². The van der Waals surface area contributed by atoms with Crippen molar-refractivity contribution in [2.24, 2.45) is 0 Å². The zero-order chi connectivity index (χ0) is 13.4. The largest absolute Gasteiger partial charge is 0.466 e. The van der Waals surface area contributed by atoms with Gasteiger partial charge in [-0.25, -0.2) is 4.52 Å². The van der Waals surface area contributed by atoms with Crippen molar-refractivity contribution in [3.63, 3.8) is 0 Å². The van der Waals surface area contributed by atoms with Crippen molar-refractivity contribution in [3.05, 3.63) is 47.5 Å². The quantitative estimate of drug-likeness (QED) is 0.782. The molecule has 0 fully saturated rings. The molecule has 0 aliphatic carbocycles. The number of aromatic nitrogens is 3. The van der Waals surface area contributed by atoms with Crippen LogP contribution in [0.2, 0.25) is 0 Å². The van der Waals surface area contributed by atoms with Gasteiger partial charge in [-0.3, -0.25) is 0 Å². The monoisotopic (exact) mass is 256 g/mol. The highest BCUT2D eigenvalue weighted by Crippen LogP contribution is 2.23. The van der Waals surface area contributed by atoms with E-state index in [2.05, 4.69) is 22.3 Å². The van der Waals surface area contributed by atoms with E-state index < -0.39 is 0 Å². The molecule has 1 N–H and O–H groups in total. The summed E-state index contributed by atoms with van der Waals surface area (Å²) in [6.45, 7) is 5.99. The van der Waals surface area contributed by atoms with E-state index in [1.165, 1.54) is 0 Å². The number of furan rings is 1. The molecule has 5 nitrogen and oxygen atoms in total. The fraction of sp³-hybridized carbons (Fsp3) is 0.286. The zero-order valence-electron chi connectivity index (χ0n) is 11.2. The van der Waals surface area contributed by atoms with E-state index in [0.717, 1.165) is 22.7 Å². The average Bonchev–Trinajstić information content (AvgIpc) is 2.91. The molecule has 0 aliphatic heterocycles. The maximum absolute atomic E-state index is 5.55. The normalized spacial score (nSPS) is 12.8. The summed E-state index contributed by atoms with van der Waals surface area (Å²) in [5.41, 5.74) is 1.97. The van der Waals surface area contributed by atoms with E-state index in [1.54, 1.807) is 4.52 Å². The van der Waals surface area contributed by atoms with Crippen LogP contribution in [0.5, 0.6) is 0 Å². The maximum Gasteiger partial charge on any atom is 0.243 e. The summed E-state index contributed by atoms with van der Waals surface area (Å²) in [6, 6.07) is 7.95. The predicted octanol–water partition coefficient (Wildman–Crippen LogP) is 3.11. The van der Waals surface area contributed by atoms with Crippen LogP contribution in [0.25, 0.3) is 5.65 Å². The lowest BCUT2D eigenvalue weighted by Gasteiger charge is -2.10. The second kappa shape index (κ2) is 4.42. The SMILES string of the molecule is Cc1cc(C(C)Nc2nc3ccccn3n2)c(C)o1. The average molecular weight is 256 g/mol. The molecule has 5 heteroatoms. The Hall–Kier alpha value is -2.30. The Bertz CT molecular complexity index is 680. The van der Waals surface area contributed by atoms with Gasteiger partial charge in [-0.2, -0.15) is 4.98 Å². The first-order valence-corrected chi connectivity index (χ1v) is 6.28. The first-order valence-electron chi connectivity index (χ1n) is 6.28. The summed E-state index contributed by atoms with van der Waals surface area (Å²) >= 11 is 0. The molecule has 3 rings (SSSR count). The van der Waals surface area contributed by atoms with E-state index in [4.69, 9.17) is 4.42 Å². The number of hydrogen-bond acceptors (Lipinski definition) is 4. The van der Waals surface area contributed by atoms with Crippen LogP contribution in [0, 0.1) is 13.8 Å². The minimum absolute atomic E-state index is 0.106. The molecular formula is C14H16N4O. The summed E-state index contributed by atoms with van der Waals surface area (Å²) in [5.74, 6) is 2.47. The Labute approximate surface area is 111 Å². The van der Waals surface area contributed by atoms with Gasteiger partial charge in [-0.05, 0) is 39.0 Å². The van der Waals surface area contributed by atoms with Crippen molar-refractivity contribution in [2.75, 3.05) is 5.32 Å². The summed E-state index contributed by atoms with van der Waals surface area (Å²) < 4.78 is 7.30. The minimum atomic E-state index is 0.106. The van der Waals surface area contributed by atoms with Crippen molar-refractivity contribution in [1.29, 1.82) is 0 Å². The number of rotatable bonds is 3. The first kappa shape index (κ1) is 11.8. The van der Waals surface area contributed by atoms with Crippen LogP contribution in [-0.4, -0.2) is 14.6 Å². The lowest BCUT2D eigenvalue weighted by molar-refractivity contribution is 0.499. The fourth-order valence-electron chi connectivity index (χ4n) is 2.24. The Morgan fingerprint density at radius 3 is 2.84 bits per heavy atom. The third-order valence-electron chi connectivity index (χ3n) is 3.13. The fourth-order valence-corrected chi connectivity index (χ4v) is 2.24. The van der Waals surface area contributed by atoms with Crippen LogP contribution in [0.15, 0.2) is 34.9 Å². The number of pyridine rings is 1. The Balaban J connectivity index is 1.86. The molecule has 0 saturated carbocycles. The van der Waals surface area contributed by atoms with Crippen molar-refractivity contribution in [3.8, 4) is 0 Å². The van der Waals surface area contributed by atoms with Crippen molar-refractivity contribution < 1.29 is 4.42 Å². The lowest BCUT2D eigenvalue weighted by Crippen LogP contribution is -2.08. The standard InChI is InChI=1S/C14H16N4O/c1-9-8-12(11(3)19-9)10(2)15-14-16-13-6-4-5-7-18(13)17-14/h4-8,10H,1-3H3,(H,15,17). The van der Waals surface area contributed by atoms with E-state index in [1.807, 2.05) is 44.3 Å². The number of aryl methyl sites for hydroxylation is 2. The van der Waals surface area contributed by atoms with E-state index in [9.17, 15) is 0 Å². The molecule has 3 aromatic rings. The highest BCUT2D eigenvalue weighted by molar-refractivity contribution is 5.44. The van der Waals surface area contributed by atoms with Crippen LogP contribution in [-0.2, 0) is 0 Å². The summed E-state index contributed by atoms with van der Waals surface area (Å²) in [4.78, 5) is 4.42. The van der Waals surface area contributed by atoms with Crippen LogP contribution in [0.3, 0.4) is 0 Å². The summed E-state index contributed by atoms with van der Waals surface area (Å²) in [6.07, 6.45) is 1.88. The van der Waals surface area contributed by atoms with Gasteiger partial charge in [0.25, 0.3) is 0 Å². The molecule has 0 spiro atoms. The zero-order valence-corrected chi connectivity index (χ0v) is 11.2. The highest BCUT2D eigenvalue weighted by atomic mass is 16.3. The minimum Gasteiger partial charge on any atom is -0.466 e. The molecule has 0 saturated heterocycles. The molecule has 3 heterocycles. The van der Waals surface area contributed by atoms with Crippen LogP contribution in [0.1, 0.15) is 30.0 Å². The molecule has 0 radical (unpaired) electrons. The molecule has 19 heavy (non-hydrogen) atoms. The Morgan fingerprint density at radius 2 is 2.16 bits per heavy atom. The van der Waals surface area contributed by atoms with Crippen molar-refractivity contribution >= 4 is 11.6 Å². The molecule has 1 atom stereocenters. The molecular weight excluding hydrogens is 240 g/mol. The van der Waals surface area contributed by atoms with Crippen molar-refractivity contribution in [1.82, 2.24) is 14.6 Å². The number of anilines is 1. The Kier molecular flexibility index (Phi) is 2.74. The lowest BCUT2D eigenvalue weighted by atomic mass is 10.1. The number of nitrogens with zero attached hydrogens (tertiary/aromatic N) is 3. The summed E-state index contributed by atoms with van der Waals surface area (Å²) in [5, 5.41) is 7.68. The van der Waals surface area contributed by atoms with Gasteiger partial charge in [0, 0.05) is 11.8 Å². The van der Waals surface area contributed by atoms with Gasteiger partial charge in [0.1, 0.15) is 11.5 Å². The van der Waals surface area contributed by atoms with Crippen LogP contribution >= 0.6 is 0 Å². The topological polar surface area (TPSA) is 55.4 Å². The Morgan fingerprint density at radius 1 is 1.32 bits per heavy atom. The number of nitrogens with one attached hydrogen (secondary N) is 1. The molecule has 0 bridgehead atoms. The molecule has 3 aromatic heterocycles. The van der Waals surface area contributed by atoms with E-state index in [0.29, 0.717) is 5.95 Å². The van der Waals surface area contributed by atoms with Crippen LogP contribution in [0.4, 0.5) is 5.95 Å². The number of hydrogen-bond donors (Lipinski definition) is 1. The van der Waals surface area contributed by atoms with Crippen LogP contribution < -0.4 is 5.32 Å². The highest BCUT2D eigenvalue weighted by Gasteiger charge is 2.14. The maximum atomic E-state index is 5.55. The van der Waals surface area contributed by atoms with Crippen molar-refractivity contribution in [2.45, 2.75) is 26.8 Å². The third kappa shape index (κ3) is 2.19. The molecule has 0 aromatic carbocycles. The van der Waals surface area contributed by atoms with Gasteiger partial charge in [0.15, 0.2) is 5.65 Å². The molecule has 1 unspecified atom stereocenters. The van der Waals surface area contributed by atoms with Gasteiger partial charge in [0.05, 0.1) is 6.04 Å². The predicted molar refractivity (Wildman–Crippen MR) is 73.2 cm³/mol. The van der Waals surface area contributed by atoms with E-state index >= 15 is 0 Å². The summed E-state index contributed by atoms with van der Waals surface area (Å²) in [7, 11) is 0. The van der Waals surface area contributed by atoms with Gasteiger partial charge in [-0.1, -0.05) is 6.07 Å². The molecule has 98 valence electrons. The van der Waals surface area contributed by atoms with Gasteiger partial charge < -0.3 is 9.73 Å². The van der Waals surface area contributed by atoms with E-state index in [-0.39, 0.29) is 6.04 Å². The van der Waals surface area contributed by atoms with Gasteiger partial charge in [0.2, 0.25) is 5.95 Å². The third-order valence-corrected chi connectivity index (χ3v) is 3.13. The first-order chi connectivity index (χ1) is 9.13.